The van der Waals surface area contributed by atoms with Gasteiger partial charge in [-0.05, 0) is 31.4 Å². The van der Waals surface area contributed by atoms with Crippen molar-refractivity contribution in [3.05, 3.63) is 0 Å². The van der Waals surface area contributed by atoms with E-state index in [1.54, 1.807) is 7.05 Å². The van der Waals surface area contributed by atoms with Crippen LogP contribution in [0.2, 0.25) is 0 Å². The maximum atomic E-state index is 11.1. The van der Waals surface area contributed by atoms with Gasteiger partial charge in [0.05, 0.1) is 6.04 Å². The van der Waals surface area contributed by atoms with Crippen LogP contribution in [0.15, 0.2) is 0 Å². The number of likely N-dealkylation sites (N-methyl/N-ethyl adjacent to an activating group) is 1. The zero-order valence-electron chi connectivity index (χ0n) is 8.89. The van der Waals surface area contributed by atoms with Crippen molar-refractivity contribution < 1.29 is 4.79 Å². The molecule has 0 heterocycles. The zero-order valence-corrected chi connectivity index (χ0v) is 9.70. The van der Waals surface area contributed by atoms with Crippen molar-refractivity contribution in [3.8, 4) is 0 Å². The van der Waals surface area contributed by atoms with E-state index in [0.717, 1.165) is 12.3 Å². The predicted octanol–water partition coefficient (Wildman–Crippen LogP) is 0.710. The maximum Gasteiger partial charge on any atom is 0.236 e. The molecule has 2 unspecified atom stereocenters. The zero-order chi connectivity index (χ0) is 10.3. The number of amides is 1. The van der Waals surface area contributed by atoms with Gasteiger partial charge < -0.3 is 10.6 Å². The number of rotatable bonds is 6. The molecule has 1 amide bonds. The molecule has 13 heavy (non-hydrogen) atoms. The molecule has 0 aromatic heterocycles. The van der Waals surface area contributed by atoms with Crippen molar-refractivity contribution in [2.75, 3.05) is 25.6 Å². The van der Waals surface area contributed by atoms with Crippen LogP contribution >= 0.6 is 11.8 Å². The quantitative estimate of drug-likeness (QED) is 0.669. The van der Waals surface area contributed by atoms with Crippen LogP contribution in [0, 0.1) is 5.92 Å². The van der Waals surface area contributed by atoms with E-state index >= 15 is 0 Å². The van der Waals surface area contributed by atoms with Gasteiger partial charge in [0, 0.05) is 7.05 Å². The van der Waals surface area contributed by atoms with E-state index in [4.69, 9.17) is 0 Å². The summed E-state index contributed by atoms with van der Waals surface area (Å²) < 4.78 is 0. The summed E-state index contributed by atoms with van der Waals surface area (Å²) in [5, 5.41) is 5.81. The van der Waals surface area contributed by atoms with E-state index in [1.807, 2.05) is 18.7 Å². The highest BCUT2D eigenvalue weighted by molar-refractivity contribution is 7.98. The molecule has 0 fully saturated rings. The second kappa shape index (κ2) is 7.21. The Labute approximate surface area is 85.0 Å². The molecule has 0 bridgehead atoms. The predicted molar refractivity (Wildman–Crippen MR) is 59.1 cm³/mol. The summed E-state index contributed by atoms with van der Waals surface area (Å²) in [6.45, 7) is 4.96. The molecule has 0 saturated carbocycles. The minimum absolute atomic E-state index is 0.0522. The molecular weight excluding hydrogens is 184 g/mol. The Morgan fingerprint density at radius 1 is 1.46 bits per heavy atom. The third kappa shape index (κ3) is 5.93. The SMILES string of the molecule is CNC(=O)C(C)NCC(C)CSC. The molecule has 0 aromatic rings. The lowest BCUT2D eigenvalue weighted by Gasteiger charge is -2.15. The number of carbonyl (C=O) groups excluding carboxylic acids is 1. The Morgan fingerprint density at radius 2 is 2.08 bits per heavy atom. The van der Waals surface area contributed by atoms with Gasteiger partial charge >= 0.3 is 0 Å². The molecule has 78 valence electrons. The van der Waals surface area contributed by atoms with Gasteiger partial charge in [-0.15, -0.1) is 0 Å². The molecular formula is C9H20N2OS. The van der Waals surface area contributed by atoms with Crippen molar-refractivity contribution in [1.29, 1.82) is 0 Å². The molecule has 0 radical (unpaired) electrons. The average Bonchev–Trinajstić information content (AvgIpc) is 2.13. The fraction of sp³-hybridized carbons (Fsp3) is 0.889. The summed E-state index contributed by atoms with van der Waals surface area (Å²) >= 11 is 1.83. The van der Waals surface area contributed by atoms with Crippen LogP contribution in [0.4, 0.5) is 0 Å². The molecule has 4 heteroatoms. The molecule has 0 aliphatic rings. The number of carbonyl (C=O) groups is 1. The first-order valence-electron chi connectivity index (χ1n) is 4.55. The van der Waals surface area contributed by atoms with Crippen LogP contribution in [0.25, 0.3) is 0 Å². The van der Waals surface area contributed by atoms with E-state index in [-0.39, 0.29) is 11.9 Å². The Morgan fingerprint density at radius 3 is 2.54 bits per heavy atom. The second-order valence-corrected chi connectivity index (χ2v) is 4.22. The molecule has 0 saturated heterocycles. The largest absolute Gasteiger partial charge is 0.358 e. The van der Waals surface area contributed by atoms with Crippen molar-refractivity contribution >= 4 is 17.7 Å². The molecule has 3 nitrogen and oxygen atoms in total. The van der Waals surface area contributed by atoms with E-state index in [1.165, 1.54) is 0 Å². The Balaban J connectivity index is 3.56. The highest BCUT2D eigenvalue weighted by Crippen LogP contribution is 2.02. The third-order valence-electron chi connectivity index (χ3n) is 1.86. The normalized spacial score (nSPS) is 15.1. The van der Waals surface area contributed by atoms with Crippen LogP contribution in [-0.4, -0.2) is 37.6 Å². The van der Waals surface area contributed by atoms with Gasteiger partial charge in [-0.1, -0.05) is 6.92 Å². The molecule has 2 atom stereocenters. The lowest BCUT2D eigenvalue weighted by Crippen LogP contribution is -2.42. The minimum atomic E-state index is -0.0886. The number of nitrogens with one attached hydrogen (secondary N) is 2. The van der Waals surface area contributed by atoms with Crippen LogP contribution in [0.1, 0.15) is 13.8 Å². The van der Waals surface area contributed by atoms with Crippen molar-refractivity contribution in [2.24, 2.45) is 5.92 Å². The lowest BCUT2D eigenvalue weighted by molar-refractivity contribution is -0.122. The van der Waals surface area contributed by atoms with Crippen LogP contribution in [0.5, 0.6) is 0 Å². The summed E-state index contributed by atoms with van der Waals surface area (Å²) in [5.74, 6) is 1.80. The Kier molecular flexibility index (Phi) is 7.09. The van der Waals surface area contributed by atoms with Crippen LogP contribution < -0.4 is 10.6 Å². The first-order chi connectivity index (χ1) is 6.11. The third-order valence-corrected chi connectivity index (χ3v) is 2.77. The molecule has 0 aliphatic heterocycles. The fourth-order valence-electron chi connectivity index (χ4n) is 1.03. The van der Waals surface area contributed by atoms with Crippen LogP contribution in [0.3, 0.4) is 0 Å². The molecule has 2 N–H and O–H groups in total. The van der Waals surface area contributed by atoms with Crippen molar-refractivity contribution in [2.45, 2.75) is 19.9 Å². The summed E-state index contributed by atoms with van der Waals surface area (Å²) in [7, 11) is 1.66. The van der Waals surface area contributed by atoms with Gasteiger partial charge in [0.1, 0.15) is 0 Å². The Hall–Kier alpha value is -0.220. The average molecular weight is 204 g/mol. The van der Waals surface area contributed by atoms with E-state index in [0.29, 0.717) is 5.92 Å². The number of thioether (sulfide) groups is 1. The summed E-state index contributed by atoms with van der Waals surface area (Å²) in [4.78, 5) is 11.1. The van der Waals surface area contributed by atoms with Crippen molar-refractivity contribution in [1.82, 2.24) is 10.6 Å². The number of hydrogen-bond donors (Lipinski definition) is 2. The van der Waals surface area contributed by atoms with Gasteiger partial charge in [0.2, 0.25) is 5.91 Å². The smallest absolute Gasteiger partial charge is 0.236 e. The maximum absolute atomic E-state index is 11.1. The van der Waals surface area contributed by atoms with Gasteiger partial charge in [-0.2, -0.15) is 11.8 Å². The van der Waals surface area contributed by atoms with Crippen LogP contribution in [-0.2, 0) is 4.79 Å². The van der Waals surface area contributed by atoms with Crippen molar-refractivity contribution in [3.63, 3.8) is 0 Å². The lowest BCUT2D eigenvalue weighted by atomic mass is 10.2. The van der Waals surface area contributed by atoms with E-state index in [2.05, 4.69) is 23.8 Å². The van der Waals surface area contributed by atoms with Gasteiger partial charge in [0.15, 0.2) is 0 Å². The molecule has 0 spiro atoms. The number of hydrogen-bond acceptors (Lipinski definition) is 3. The Bertz CT molecular complexity index is 153. The summed E-state index contributed by atoms with van der Waals surface area (Å²) in [6.07, 6.45) is 2.10. The van der Waals surface area contributed by atoms with E-state index < -0.39 is 0 Å². The molecule has 0 aromatic carbocycles. The molecule has 0 rings (SSSR count). The van der Waals surface area contributed by atoms with Gasteiger partial charge in [0.25, 0.3) is 0 Å². The van der Waals surface area contributed by atoms with E-state index in [9.17, 15) is 4.79 Å². The summed E-state index contributed by atoms with van der Waals surface area (Å²) in [6, 6.07) is -0.0886. The fourth-order valence-corrected chi connectivity index (χ4v) is 1.72. The van der Waals surface area contributed by atoms with Gasteiger partial charge in [-0.3, -0.25) is 4.79 Å². The first kappa shape index (κ1) is 12.8. The monoisotopic (exact) mass is 204 g/mol. The highest BCUT2D eigenvalue weighted by atomic mass is 32.2. The minimum Gasteiger partial charge on any atom is -0.358 e. The second-order valence-electron chi connectivity index (χ2n) is 3.30. The summed E-state index contributed by atoms with van der Waals surface area (Å²) in [5.41, 5.74) is 0. The first-order valence-corrected chi connectivity index (χ1v) is 5.95. The standard InChI is InChI=1S/C9H20N2OS/c1-7(6-13-4)5-11-8(2)9(12)10-3/h7-8,11H,5-6H2,1-4H3,(H,10,12). The molecule has 0 aliphatic carbocycles. The topological polar surface area (TPSA) is 41.1 Å². The highest BCUT2D eigenvalue weighted by Gasteiger charge is 2.10. The van der Waals surface area contributed by atoms with Gasteiger partial charge in [-0.25, -0.2) is 0 Å².